The number of amides is 1. The van der Waals surface area contributed by atoms with Gasteiger partial charge in [0.2, 0.25) is 11.3 Å². The van der Waals surface area contributed by atoms with E-state index in [9.17, 15) is 23.9 Å². The number of carboxylic acids is 1. The smallest absolute Gasteiger partial charge is 0.341 e. The highest BCUT2D eigenvalue weighted by molar-refractivity contribution is 5.92. The fourth-order valence-corrected chi connectivity index (χ4v) is 2.65. The molecule has 178 valence electrons. The second kappa shape index (κ2) is 15.2. The normalized spacial score (nSPS) is 10.7. The number of hydrogen-bond acceptors (Lipinski definition) is 4. The van der Waals surface area contributed by atoms with E-state index in [0.29, 0.717) is 24.2 Å². The Kier molecular flexibility index (Phi) is 13.5. The molecule has 0 saturated heterocycles. The summed E-state index contributed by atoms with van der Waals surface area (Å²) in [6, 6.07) is 4.19. The van der Waals surface area contributed by atoms with Crippen molar-refractivity contribution in [2.24, 2.45) is 11.7 Å². The zero-order valence-electron chi connectivity index (χ0n) is 19.7. The van der Waals surface area contributed by atoms with Crippen LogP contribution in [0.2, 0.25) is 0 Å². The van der Waals surface area contributed by atoms with Crippen LogP contribution in [0.1, 0.15) is 44.5 Å². The summed E-state index contributed by atoms with van der Waals surface area (Å²) < 4.78 is 15.7. The number of allylic oxidation sites excluding steroid dienone is 3. The number of benzene rings is 1. The SMILES string of the molecule is C#CC.C/C=C(\C=C/CCn1cc(C(=O)O)c(=O)c2c(F)cccc21)NC(=O)C(C)C.CN. The predicted octanol–water partition coefficient (Wildman–Crippen LogP) is 3.68. The van der Waals surface area contributed by atoms with Crippen molar-refractivity contribution >= 4 is 22.8 Å². The molecule has 1 aromatic carbocycles. The van der Waals surface area contributed by atoms with E-state index in [1.807, 2.05) is 6.08 Å². The first kappa shape index (κ1) is 29.3. The van der Waals surface area contributed by atoms with Crippen molar-refractivity contribution in [3.05, 3.63) is 69.9 Å². The number of carbonyl (C=O) groups excluding carboxylic acids is 1. The Morgan fingerprint density at radius 2 is 1.94 bits per heavy atom. The summed E-state index contributed by atoms with van der Waals surface area (Å²) in [5, 5.41) is 11.8. The van der Waals surface area contributed by atoms with Crippen molar-refractivity contribution in [3.8, 4) is 12.3 Å². The van der Waals surface area contributed by atoms with E-state index in [1.54, 1.807) is 50.5 Å². The Bertz CT molecular complexity index is 1110. The van der Waals surface area contributed by atoms with Crippen molar-refractivity contribution in [3.63, 3.8) is 0 Å². The van der Waals surface area contributed by atoms with E-state index in [0.717, 1.165) is 6.07 Å². The summed E-state index contributed by atoms with van der Waals surface area (Å²) in [6.07, 6.45) is 11.7. The molecule has 2 rings (SSSR count). The molecule has 1 aromatic heterocycles. The first-order chi connectivity index (χ1) is 15.7. The Hall–Kier alpha value is -3.70. The van der Waals surface area contributed by atoms with Gasteiger partial charge in [-0.15, -0.1) is 12.3 Å². The van der Waals surface area contributed by atoms with Crippen LogP contribution in [0, 0.1) is 24.1 Å². The standard InChI is InChI=1S/C21H23FN2O4.C3H4.CH5N/c1-4-14(23-20(26)13(2)3)8-5-6-11-24-12-15(21(27)28)19(25)18-16(22)9-7-10-17(18)24;1-3-2;1-2/h4-5,7-10,12-13H,6,11H2,1-3H3,(H,23,26)(H,27,28);1H,2H3;2H2,1H3/b8-5-,14-4+;;. The van der Waals surface area contributed by atoms with E-state index in [4.69, 9.17) is 0 Å². The second-order valence-electron chi connectivity index (χ2n) is 6.87. The number of nitrogens with two attached hydrogens (primary N) is 1. The molecule has 8 heteroatoms. The molecule has 7 nitrogen and oxygen atoms in total. The highest BCUT2D eigenvalue weighted by Crippen LogP contribution is 2.16. The third kappa shape index (κ3) is 8.75. The summed E-state index contributed by atoms with van der Waals surface area (Å²) in [6.45, 7) is 7.39. The van der Waals surface area contributed by atoms with Crippen LogP contribution >= 0.6 is 0 Å². The number of terminal acetylenes is 1. The molecule has 0 spiro atoms. The van der Waals surface area contributed by atoms with E-state index in [1.165, 1.54) is 19.3 Å². The summed E-state index contributed by atoms with van der Waals surface area (Å²) >= 11 is 0. The number of fused-ring (bicyclic) bond motifs is 1. The van der Waals surface area contributed by atoms with Gasteiger partial charge < -0.3 is 20.7 Å². The molecule has 0 saturated carbocycles. The van der Waals surface area contributed by atoms with Gasteiger partial charge >= 0.3 is 5.97 Å². The lowest BCUT2D eigenvalue weighted by Gasteiger charge is -2.12. The van der Waals surface area contributed by atoms with E-state index >= 15 is 0 Å². The number of rotatable bonds is 7. The molecule has 0 fully saturated rings. The van der Waals surface area contributed by atoms with Crippen LogP contribution in [0.5, 0.6) is 0 Å². The lowest BCUT2D eigenvalue weighted by molar-refractivity contribution is -0.123. The minimum atomic E-state index is -1.40. The molecule has 0 bridgehead atoms. The van der Waals surface area contributed by atoms with Gasteiger partial charge in [-0.25, -0.2) is 9.18 Å². The van der Waals surface area contributed by atoms with Crippen molar-refractivity contribution < 1.29 is 19.1 Å². The van der Waals surface area contributed by atoms with Crippen LogP contribution in [0.25, 0.3) is 10.9 Å². The van der Waals surface area contributed by atoms with E-state index in [-0.39, 0.29) is 17.2 Å². The van der Waals surface area contributed by atoms with Gasteiger partial charge in [0.15, 0.2) is 0 Å². The van der Waals surface area contributed by atoms with Crippen molar-refractivity contribution in [2.45, 2.75) is 40.7 Å². The minimum Gasteiger partial charge on any atom is -0.477 e. The largest absolute Gasteiger partial charge is 0.477 e. The fraction of sp³-hybridized carbons (Fsp3) is 0.320. The van der Waals surface area contributed by atoms with Crippen LogP contribution < -0.4 is 16.5 Å². The number of carbonyl (C=O) groups is 2. The Labute approximate surface area is 193 Å². The summed E-state index contributed by atoms with van der Waals surface area (Å²) in [4.78, 5) is 35.4. The van der Waals surface area contributed by atoms with Gasteiger partial charge in [0.1, 0.15) is 11.4 Å². The number of pyridine rings is 1. The molecule has 4 N–H and O–H groups in total. The molecule has 0 atom stereocenters. The van der Waals surface area contributed by atoms with Gasteiger partial charge in [-0.05, 0) is 45.5 Å². The molecule has 0 aliphatic heterocycles. The molecule has 0 radical (unpaired) electrons. The molecule has 1 amide bonds. The van der Waals surface area contributed by atoms with Gasteiger partial charge in [-0.1, -0.05) is 32.1 Å². The van der Waals surface area contributed by atoms with Crippen molar-refractivity contribution in [2.75, 3.05) is 7.05 Å². The lowest BCUT2D eigenvalue weighted by Crippen LogP contribution is -2.26. The summed E-state index contributed by atoms with van der Waals surface area (Å²) in [5.41, 5.74) is 4.18. The zero-order chi connectivity index (χ0) is 25.6. The number of aromatic nitrogens is 1. The van der Waals surface area contributed by atoms with Crippen molar-refractivity contribution in [1.29, 1.82) is 0 Å². The fourth-order valence-electron chi connectivity index (χ4n) is 2.65. The maximum Gasteiger partial charge on any atom is 0.341 e. The molecule has 2 aromatic rings. The second-order valence-corrected chi connectivity index (χ2v) is 6.87. The number of aryl methyl sites for hydroxylation is 1. The molecule has 1 heterocycles. The number of carboxylic acid groups (broad SMARTS) is 1. The third-order valence-corrected chi connectivity index (χ3v) is 4.23. The number of nitrogens with zero attached hydrogens (tertiary/aromatic N) is 1. The number of nitrogens with one attached hydrogen (secondary N) is 1. The minimum absolute atomic E-state index is 0.0919. The highest BCUT2D eigenvalue weighted by atomic mass is 19.1. The Morgan fingerprint density at radius 3 is 2.45 bits per heavy atom. The van der Waals surface area contributed by atoms with E-state index in [2.05, 4.69) is 23.4 Å². The topological polar surface area (TPSA) is 114 Å². The predicted molar refractivity (Wildman–Crippen MR) is 130 cm³/mol. The average Bonchev–Trinajstić information content (AvgIpc) is 2.78. The van der Waals surface area contributed by atoms with Gasteiger partial charge in [0.25, 0.3) is 0 Å². The highest BCUT2D eigenvalue weighted by Gasteiger charge is 2.16. The number of halogens is 1. The van der Waals surface area contributed by atoms with Crippen LogP contribution in [-0.2, 0) is 11.3 Å². The van der Waals surface area contributed by atoms with Crippen LogP contribution in [0.15, 0.2) is 53.1 Å². The molecule has 0 aliphatic rings. The van der Waals surface area contributed by atoms with Gasteiger partial charge in [0.05, 0.1) is 10.9 Å². The van der Waals surface area contributed by atoms with Crippen LogP contribution in [-0.4, -0.2) is 28.6 Å². The average molecular weight is 458 g/mol. The molecular formula is C25H32FN3O4. The van der Waals surface area contributed by atoms with Crippen LogP contribution in [0.4, 0.5) is 4.39 Å². The summed E-state index contributed by atoms with van der Waals surface area (Å²) in [7, 11) is 1.50. The van der Waals surface area contributed by atoms with E-state index < -0.39 is 22.8 Å². The number of aromatic carboxylic acids is 1. The van der Waals surface area contributed by atoms with Gasteiger partial charge in [0, 0.05) is 24.4 Å². The lowest BCUT2D eigenvalue weighted by atomic mass is 10.1. The molecular weight excluding hydrogens is 425 g/mol. The molecule has 0 unspecified atom stereocenters. The third-order valence-electron chi connectivity index (χ3n) is 4.23. The first-order valence-electron chi connectivity index (χ1n) is 10.3. The number of hydrogen-bond donors (Lipinski definition) is 3. The van der Waals surface area contributed by atoms with Gasteiger partial charge in [-0.3, -0.25) is 9.59 Å². The maximum atomic E-state index is 14.1. The molecule has 33 heavy (non-hydrogen) atoms. The molecule has 0 aliphatic carbocycles. The Morgan fingerprint density at radius 1 is 1.33 bits per heavy atom. The monoisotopic (exact) mass is 457 g/mol. The van der Waals surface area contributed by atoms with Gasteiger partial charge in [-0.2, -0.15) is 0 Å². The van der Waals surface area contributed by atoms with Crippen molar-refractivity contribution in [1.82, 2.24) is 9.88 Å². The quantitative estimate of drug-likeness (QED) is 0.433. The first-order valence-corrected chi connectivity index (χ1v) is 10.3. The summed E-state index contributed by atoms with van der Waals surface area (Å²) in [5.74, 6) is -0.125. The maximum absolute atomic E-state index is 14.1. The van der Waals surface area contributed by atoms with Crippen LogP contribution in [0.3, 0.4) is 0 Å². The Balaban J connectivity index is 0.00000189. The zero-order valence-corrected chi connectivity index (χ0v) is 19.7.